The highest BCUT2D eigenvalue weighted by Crippen LogP contribution is 2.34. The van der Waals surface area contributed by atoms with Gasteiger partial charge in [-0.25, -0.2) is 0 Å². The van der Waals surface area contributed by atoms with Gasteiger partial charge in [0.1, 0.15) is 6.17 Å². The van der Waals surface area contributed by atoms with Gasteiger partial charge in [-0.2, -0.15) is 0 Å². The van der Waals surface area contributed by atoms with E-state index in [0.717, 1.165) is 16.8 Å². The Morgan fingerprint density at radius 2 is 1.96 bits per heavy atom. The van der Waals surface area contributed by atoms with Crippen molar-refractivity contribution in [1.29, 1.82) is 0 Å². The van der Waals surface area contributed by atoms with Crippen molar-refractivity contribution in [2.75, 3.05) is 19.0 Å². The minimum Gasteiger partial charge on any atom is -0.493 e. The number of fused-ring (bicyclic) bond motifs is 1. The maximum absolute atomic E-state index is 12.3. The highest BCUT2D eigenvalue weighted by Gasteiger charge is 2.26. The summed E-state index contributed by atoms with van der Waals surface area (Å²) in [5.41, 5.74) is 3.49. The van der Waals surface area contributed by atoms with Crippen LogP contribution >= 0.6 is 0 Å². The number of benzene rings is 2. The summed E-state index contributed by atoms with van der Waals surface area (Å²) in [6.07, 6.45) is -0.304. The van der Waals surface area contributed by atoms with Crippen LogP contribution in [-0.2, 0) is 0 Å². The van der Waals surface area contributed by atoms with E-state index in [9.17, 15) is 4.79 Å². The summed E-state index contributed by atoms with van der Waals surface area (Å²) < 4.78 is 10.9. The highest BCUT2D eigenvalue weighted by atomic mass is 16.5. The van der Waals surface area contributed by atoms with Gasteiger partial charge in [0.25, 0.3) is 5.91 Å². The van der Waals surface area contributed by atoms with Gasteiger partial charge in [-0.1, -0.05) is 18.2 Å². The maximum atomic E-state index is 12.3. The summed E-state index contributed by atoms with van der Waals surface area (Å²) >= 11 is 0. The standard InChI is InChI=1S/C18H20N2O3/c1-4-23-15-10-12(8-9-14(15)22-3)17-19-16-11(2)6-5-7-13(16)18(21)20-17/h5-10,17,19H,4H2,1-3H3,(H,20,21). The summed E-state index contributed by atoms with van der Waals surface area (Å²) in [4.78, 5) is 12.3. The van der Waals surface area contributed by atoms with Crippen LogP contribution in [0.2, 0.25) is 0 Å². The quantitative estimate of drug-likeness (QED) is 0.910. The molecule has 0 fully saturated rings. The topological polar surface area (TPSA) is 59.6 Å². The molecule has 1 aliphatic rings. The van der Waals surface area contributed by atoms with E-state index in [-0.39, 0.29) is 12.1 Å². The molecule has 0 spiro atoms. The van der Waals surface area contributed by atoms with Crippen LogP contribution in [0.5, 0.6) is 11.5 Å². The molecule has 1 atom stereocenters. The Morgan fingerprint density at radius 1 is 1.13 bits per heavy atom. The number of hydrogen-bond donors (Lipinski definition) is 2. The van der Waals surface area contributed by atoms with E-state index in [1.807, 2.05) is 50.2 Å². The first-order valence-corrected chi connectivity index (χ1v) is 7.61. The van der Waals surface area contributed by atoms with Crippen molar-refractivity contribution in [2.24, 2.45) is 0 Å². The molecule has 0 saturated heterocycles. The van der Waals surface area contributed by atoms with Crippen molar-refractivity contribution in [2.45, 2.75) is 20.0 Å². The molecule has 3 rings (SSSR count). The Hall–Kier alpha value is -2.69. The molecule has 0 bridgehead atoms. The van der Waals surface area contributed by atoms with E-state index >= 15 is 0 Å². The number of hydrogen-bond acceptors (Lipinski definition) is 4. The SMILES string of the molecule is CCOc1cc(C2NC(=O)c3cccc(C)c3N2)ccc1OC. The van der Waals surface area contributed by atoms with Gasteiger partial charge in [-0.15, -0.1) is 0 Å². The third-order valence-corrected chi connectivity index (χ3v) is 3.90. The van der Waals surface area contributed by atoms with Gasteiger partial charge in [0, 0.05) is 0 Å². The van der Waals surface area contributed by atoms with Crippen molar-refractivity contribution in [3.8, 4) is 11.5 Å². The first kappa shape index (κ1) is 15.2. The monoisotopic (exact) mass is 312 g/mol. The van der Waals surface area contributed by atoms with Gasteiger partial charge < -0.3 is 20.1 Å². The maximum Gasteiger partial charge on any atom is 0.255 e. The van der Waals surface area contributed by atoms with Crippen LogP contribution in [0.1, 0.15) is 34.6 Å². The fourth-order valence-electron chi connectivity index (χ4n) is 2.75. The molecule has 1 heterocycles. The highest BCUT2D eigenvalue weighted by molar-refractivity contribution is 6.02. The summed E-state index contributed by atoms with van der Waals surface area (Å²) in [5.74, 6) is 1.26. The number of carbonyl (C=O) groups is 1. The minimum atomic E-state index is -0.304. The number of rotatable bonds is 4. The number of ether oxygens (including phenoxy) is 2. The average Bonchev–Trinajstić information content (AvgIpc) is 2.56. The van der Waals surface area contributed by atoms with E-state index in [2.05, 4.69) is 10.6 Å². The number of amides is 1. The van der Waals surface area contributed by atoms with Gasteiger partial charge in [0.05, 0.1) is 25.0 Å². The molecular weight excluding hydrogens is 292 g/mol. The van der Waals surface area contributed by atoms with Crippen LogP contribution in [0.4, 0.5) is 5.69 Å². The minimum absolute atomic E-state index is 0.0822. The molecule has 2 N–H and O–H groups in total. The van der Waals surface area contributed by atoms with Crippen molar-refractivity contribution in [3.05, 3.63) is 53.1 Å². The Labute approximate surface area is 135 Å². The molecule has 5 heteroatoms. The predicted molar refractivity (Wildman–Crippen MR) is 89.2 cm³/mol. The first-order valence-electron chi connectivity index (χ1n) is 7.61. The molecule has 0 saturated carbocycles. The Morgan fingerprint density at radius 3 is 2.70 bits per heavy atom. The number of methoxy groups -OCH3 is 1. The number of nitrogens with one attached hydrogen (secondary N) is 2. The lowest BCUT2D eigenvalue weighted by molar-refractivity contribution is 0.0935. The van der Waals surface area contributed by atoms with Crippen LogP contribution in [0, 0.1) is 6.92 Å². The Balaban J connectivity index is 1.96. The van der Waals surface area contributed by atoms with Gasteiger partial charge in [-0.05, 0) is 43.2 Å². The molecule has 5 nitrogen and oxygen atoms in total. The summed E-state index contributed by atoms with van der Waals surface area (Å²) in [6.45, 7) is 4.46. The molecule has 0 aromatic heterocycles. The lowest BCUT2D eigenvalue weighted by Crippen LogP contribution is -2.38. The Bertz CT molecular complexity index is 743. The van der Waals surface area contributed by atoms with Gasteiger partial charge in [0.2, 0.25) is 0 Å². The molecule has 120 valence electrons. The van der Waals surface area contributed by atoms with Crippen LogP contribution in [0.15, 0.2) is 36.4 Å². The smallest absolute Gasteiger partial charge is 0.255 e. The number of aryl methyl sites for hydroxylation is 1. The van der Waals surface area contributed by atoms with Crippen molar-refractivity contribution in [3.63, 3.8) is 0 Å². The third-order valence-electron chi connectivity index (χ3n) is 3.90. The van der Waals surface area contributed by atoms with E-state index in [4.69, 9.17) is 9.47 Å². The summed E-state index contributed by atoms with van der Waals surface area (Å²) in [5, 5.41) is 6.37. The number of para-hydroxylation sites is 1. The van der Waals surface area contributed by atoms with Gasteiger partial charge in [-0.3, -0.25) is 4.79 Å². The second-order valence-electron chi connectivity index (χ2n) is 5.39. The van der Waals surface area contributed by atoms with E-state index in [1.54, 1.807) is 7.11 Å². The van der Waals surface area contributed by atoms with Gasteiger partial charge >= 0.3 is 0 Å². The second kappa shape index (κ2) is 6.20. The molecule has 1 unspecified atom stereocenters. The third kappa shape index (κ3) is 2.82. The Kier molecular flexibility index (Phi) is 4.10. The summed E-state index contributed by atoms with van der Waals surface area (Å²) in [6, 6.07) is 11.4. The molecule has 0 aliphatic carbocycles. The molecule has 23 heavy (non-hydrogen) atoms. The molecular formula is C18H20N2O3. The lowest BCUT2D eigenvalue weighted by atomic mass is 10.0. The number of carbonyl (C=O) groups excluding carboxylic acids is 1. The van der Waals surface area contributed by atoms with E-state index in [1.165, 1.54) is 0 Å². The predicted octanol–water partition coefficient (Wildman–Crippen LogP) is 3.26. The summed E-state index contributed by atoms with van der Waals surface area (Å²) in [7, 11) is 1.61. The van der Waals surface area contributed by atoms with Gasteiger partial charge in [0.15, 0.2) is 11.5 Å². The second-order valence-corrected chi connectivity index (χ2v) is 5.39. The average molecular weight is 312 g/mol. The molecule has 0 radical (unpaired) electrons. The van der Waals surface area contributed by atoms with Crippen LogP contribution in [0.25, 0.3) is 0 Å². The number of anilines is 1. The molecule has 1 aliphatic heterocycles. The molecule has 1 amide bonds. The lowest BCUT2D eigenvalue weighted by Gasteiger charge is -2.29. The zero-order chi connectivity index (χ0) is 16.4. The molecule has 2 aromatic carbocycles. The van der Waals surface area contributed by atoms with E-state index in [0.29, 0.717) is 23.7 Å². The van der Waals surface area contributed by atoms with Crippen molar-refractivity contribution < 1.29 is 14.3 Å². The zero-order valence-electron chi connectivity index (χ0n) is 13.5. The first-order chi connectivity index (χ1) is 11.1. The molecule has 2 aromatic rings. The van der Waals surface area contributed by atoms with E-state index < -0.39 is 0 Å². The normalized spacial score (nSPS) is 16.1. The van der Waals surface area contributed by atoms with Crippen LogP contribution in [0.3, 0.4) is 0 Å². The fourth-order valence-corrected chi connectivity index (χ4v) is 2.75. The zero-order valence-corrected chi connectivity index (χ0v) is 13.5. The fraction of sp³-hybridized carbons (Fsp3) is 0.278. The van der Waals surface area contributed by atoms with Crippen LogP contribution in [-0.4, -0.2) is 19.6 Å². The van der Waals surface area contributed by atoms with Crippen LogP contribution < -0.4 is 20.1 Å². The largest absolute Gasteiger partial charge is 0.493 e. The van der Waals surface area contributed by atoms with Crippen molar-refractivity contribution >= 4 is 11.6 Å². The van der Waals surface area contributed by atoms with Crippen molar-refractivity contribution in [1.82, 2.24) is 5.32 Å².